The number of halogens is 2. The number of aryl methyl sites for hydroxylation is 2. The van der Waals surface area contributed by atoms with Crippen molar-refractivity contribution in [1.82, 2.24) is 59.3 Å². The zero-order valence-corrected chi connectivity index (χ0v) is 49.4. The molecule has 20 nitrogen and oxygen atoms in total. The molecular formula is C52H70F2N12O8S2Si2. The second-order valence-electron chi connectivity index (χ2n) is 21.7. The third kappa shape index (κ3) is 15.2. The third-order valence-electron chi connectivity index (χ3n) is 12.8. The van der Waals surface area contributed by atoms with E-state index < -0.39 is 44.5 Å². The van der Waals surface area contributed by atoms with Gasteiger partial charge in [0.15, 0.2) is 11.3 Å². The van der Waals surface area contributed by atoms with Crippen molar-refractivity contribution in [2.45, 2.75) is 89.8 Å². The smallest absolute Gasteiger partial charge is 0.255 e. The lowest BCUT2D eigenvalue weighted by atomic mass is 10.1. The van der Waals surface area contributed by atoms with Gasteiger partial charge in [0.05, 0.1) is 65.6 Å². The molecule has 0 aliphatic carbocycles. The number of benzene rings is 2. The SMILES string of the molecule is CSCC[C@@H](CO)NC(=O)c1cn(COCC[Si](C)(C)C)c2ncc(-c3nn(C)c4cc(F)ccc34)nc12.Cn1nc(-c2cnc3c(n2)c(C(=O)N[C@H](CO)CCS(C)(=O)=O)cn3COCC[Si](C)(C)C)c2ccc(F)cc21. The summed E-state index contributed by atoms with van der Waals surface area (Å²) < 4.78 is 69.4. The van der Waals surface area contributed by atoms with E-state index >= 15 is 0 Å². The zero-order chi connectivity index (χ0) is 56.7. The minimum Gasteiger partial charge on any atom is -0.394 e. The Bertz CT molecular complexity index is 3540. The van der Waals surface area contributed by atoms with Gasteiger partial charge in [0.1, 0.15) is 68.7 Å². The second-order valence-corrected chi connectivity index (χ2v) is 36.2. The monoisotopic (exact) mass is 1150 g/mol. The highest BCUT2D eigenvalue weighted by molar-refractivity contribution is 7.98. The summed E-state index contributed by atoms with van der Waals surface area (Å²) in [6.07, 6.45) is 10.3. The molecule has 420 valence electrons. The van der Waals surface area contributed by atoms with Gasteiger partial charge in [0.25, 0.3) is 11.8 Å². The number of rotatable bonds is 24. The number of aliphatic hydroxyl groups excluding tert-OH is 2. The predicted octanol–water partition coefficient (Wildman–Crippen LogP) is 7.24. The lowest BCUT2D eigenvalue weighted by molar-refractivity contribution is 0.0879. The number of sulfone groups is 1. The third-order valence-corrected chi connectivity index (χ3v) is 17.8. The molecule has 2 amide bonds. The molecule has 0 radical (unpaired) electrons. The summed E-state index contributed by atoms with van der Waals surface area (Å²) in [5, 5.41) is 35.7. The van der Waals surface area contributed by atoms with Gasteiger partial charge in [-0.3, -0.25) is 19.0 Å². The topological polar surface area (TPSA) is 248 Å². The molecule has 0 fully saturated rings. The molecule has 2 aromatic carbocycles. The summed E-state index contributed by atoms with van der Waals surface area (Å²) in [5.41, 5.74) is 5.31. The molecule has 0 saturated heterocycles. The van der Waals surface area contributed by atoms with E-state index in [1.165, 1.54) is 24.3 Å². The Labute approximate surface area is 458 Å². The number of nitrogens with zero attached hydrogens (tertiary/aromatic N) is 10. The van der Waals surface area contributed by atoms with E-state index in [1.54, 1.807) is 81.3 Å². The van der Waals surface area contributed by atoms with Crippen molar-refractivity contribution in [2.75, 3.05) is 50.4 Å². The standard InChI is InChI=1S/C26H35FN6O5SSi.C26H35FN6O3SSi/c1-32-22-12-17(27)6-7-19(22)23(31-32)21-13-28-25-24(30-21)20(14-33(25)16-38-9-11-40(3,4)5)26(35)29-18(15-34)8-10-39(2,36)37;1-32-22-12-17(27)6-7-19(22)23(31-32)21-13-28-25-24(30-21)20(26(35)29-18(15-34)8-10-37-2)14-33(25)16-36-9-11-38(3,4)5/h6-7,12-14,18,34H,8-11,15-16H2,1-5H3,(H,29,35);6-7,12-14,18,34H,8-11,15-16H2,1-5H3,(H,29,35)/t2*18-/m00/s1. The molecule has 0 aliphatic rings. The lowest BCUT2D eigenvalue weighted by Gasteiger charge is -2.15. The first-order chi connectivity index (χ1) is 36.9. The molecule has 6 heterocycles. The number of nitrogens with one attached hydrogen (secondary N) is 2. The number of carbonyl (C=O) groups excluding carboxylic acids is 2. The zero-order valence-electron chi connectivity index (χ0n) is 45.8. The van der Waals surface area contributed by atoms with Crippen molar-refractivity contribution in [1.29, 1.82) is 0 Å². The molecule has 6 aromatic heterocycles. The van der Waals surface area contributed by atoms with Crippen LogP contribution in [-0.2, 0) is 46.9 Å². The average molecular weight is 1150 g/mol. The Hall–Kier alpha value is -6.01. The number of hydrogen-bond acceptors (Lipinski definition) is 15. The van der Waals surface area contributed by atoms with Gasteiger partial charge in [-0.05, 0) is 73.3 Å². The summed E-state index contributed by atoms with van der Waals surface area (Å²) >= 11 is 1.66. The molecule has 0 saturated carbocycles. The summed E-state index contributed by atoms with van der Waals surface area (Å²) in [7, 11) is -2.37. The minimum absolute atomic E-state index is 0.0624. The maximum Gasteiger partial charge on any atom is 0.255 e. The Morgan fingerprint density at radius 3 is 1.51 bits per heavy atom. The highest BCUT2D eigenvalue weighted by Crippen LogP contribution is 2.31. The van der Waals surface area contributed by atoms with Crippen LogP contribution in [-0.4, -0.2) is 158 Å². The molecule has 0 spiro atoms. The van der Waals surface area contributed by atoms with Crippen LogP contribution in [0.3, 0.4) is 0 Å². The predicted molar refractivity (Wildman–Crippen MR) is 307 cm³/mol. The van der Waals surface area contributed by atoms with Crippen molar-refractivity contribution in [3.05, 3.63) is 83.9 Å². The van der Waals surface area contributed by atoms with Crippen molar-refractivity contribution >= 4 is 93.7 Å². The minimum atomic E-state index is -3.27. The van der Waals surface area contributed by atoms with E-state index in [4.69, 9.17) is 19.4 Å². The molecule has 26 heteroatoms. The van der Waals surface area contributed by atoms with Crippen LogP contribution in [0.25, 0.3) is 66.9 Å². The number of aliphatic hydroxyl groups is 2. The van der Waals surface area contributed by atoms with Crippen LogP contribution in [0.4, 0.5) is 8.78 Å². The number of ether oxygens (including phenoxy) is 2. The number of fused-ring (bicyclic) bond motifs is 4. The normalized spacial score (nSPS) is 13.1. The van der Waals surface area contributed by atoms with Gasteiger partial charge in [-0.1, -0.05) is 39.3 Å². The van der Waals surface area contributed by atoms with Crippen molar-refractivity contribution in [3.8, 4) is 22.8 Å². The Morgan fingerprint density at radius 1 is 0.705 bits per heavy atom. The van der Waals surface area contributed by atoms with Gasteiger partial charge < -0.3 is 39.5 Å². The largest absolute Gasteiger partial charge is 0.394 e. The lowest BCUT2D eigenvalue weighted by Crippen LogP contribution is -2.38. The van der Waals surface area contributed by atoms with Crippen LogP contribution in [0.2, 0.25) is 51.4 Å². The van der Waals surface area contributed by atoms with Gasteiger partial charge in [-0.25, -0.2) is 37.1 Å². The first-order valence-corrected chi connectivity index (χ1v) is 36.4. The number of hydrogen-bond donors (Lipinski definition) is 4. The fraction of sp³-hybridized carbons (Fsp3) is 0.462. The molecule has 0 aliphatic heterocycles. The van der Waals surface area contributed by atoms with Gasteiger partial charge in [-0.15, -0.1) is 0 Å². The van der Waals surface area contributed by atoms with Crippen LogP contribution in [0, 0.1) is 11.6 Å². The van der Waals surface area contributed by atoms with Gasteiger partial charge in [-0.2, -0.15) is 22.0 Å². The molecular weight excluding hydrogens is 1080 g/mol. The van der Waals surface area contributed by atoms with Gasteiger partial charge in [0, 0.05) is 72.9 Å². The van der Waals surface area contributed by atoms with E-state index in [0.717, 1.165) is 29.5 Å². The van der Waals surface area contributed by atoms with Crippen LogP contribution in [0.1, 0.15) is 33.6 Å². The first-order valence-electron chi connectivity index (χ1n) is 25.5. The van der Waals surface area contributed by atoms with Crippen LogP contribution < -0.4 is 10.6 Å². The molecule has 78 heavy (non-hydrogen) atoms. The Kier molecular flexibility index (Phi) is 19.4. The Morgan fingerprint density at radius 2 is 1.13 bits per heavy atom. The number of amides is 2. The molecule has 2 atom stereocenters. The second kappa shape index (κ2) is 25.4. The van der Waals surface area contributed by atoms with Crippen LogP contribution in [0.5, 0.6) is 0 Å². The Balaban J connectivity index is 0.000000226. The van der Waals surface area contributed by atoms with Crippen LogP contribution >= 0.6 is 11.8 Å². The highest BCUT2D eigenvalue weighted by atomic mass is 32.2. The summed E-state index contributed by atoms with van der Waals surface area (Å²) in [6, 6.07) is 9.70. The van der Waals surface area contributed by atoms with Crippen LogP contribution in [0.15, 0.2) is 61.2 Å². The molecule has 0 unspecified atom stereocenters. The fourth-order valence-electron chi connectivity index (χ4n) is 8.34. The van der Waals surface area contributed by atoms with Crippen molar-refractivity contribution in [2.24, 2.45) is 14.1 Å². The van der Waals surface area contributed by atoms with Gasteiger partial charge in [0.2, 0.25) is 0 Å². The van der Waals surface area contributed by atoms with Crippen molar-refractivity contribution in [3.63, 3.8) is 0 Å². The molecule has 4 N–H and O–H groups in total. The van der Waals surface area contributed by atoms with Gasteiger partial charge >= 0.3 is 0 Å². The molecule has 0 bridgehead atoms. The van der Waals surface area contributed by atoms with Crippen molar-refractivity contribution < 1.29 is 46.5 Å². The van der Waals surface area contributed by atoms with E-state index in [9.17, 15) is 37.0 Å². The summed E-state index contributed by atoms with van der Waals surface area (Å²) in [4.78, 5) is 45.5. The molecule has 8 aromatic rings. The average Bonchev–Trinajstić information content (AvgIpc) is 4.14. The van der Waals surface area contributed by atoms with E-state index in [1.807, 2.05) is 6.26 Å². The van der Waals surface area contributed by atoms with E-state index in [2.05, 4.69) is 70.1 Å². The fourth-order valence-corrected chi connectivity index (χ4v) is 11.1. The number of carbonyl (C=O) groups is 2. The highest BCUT2D eigenvalue weighted by Gasteiger charge is 2.26. The summed E-state index contributed by atoms with van der Waals surface area (Å²) in [5.74, 6) is -0.965. The maximum atomic E-state index is 13.9. The maximum absolute atomic E-state index is 13.9. The number of thioether (sulfide) groups is 1. The first kappa shape index (κ1) is 59.7. The molecule has 8 rings (SSSR count). The quantitative estimate of drug-likeness (QED) is 0.0344. The number of aromatic nitrogens is 10. The van der Waals surface area contributed by atoms with E-state index in [-0.39, 0.29) is 61.4 Å². The van der Waals surface area contributed by atoms with E-state index in [0.29, 0.717) is 86.7 Å². The summed E-state index contributed by atoms with van der Waals surface area (Å²) in [6.45, 7) is 14.7.